The minimum atomic E-state index is -1.05. The summed E-state index contributed by atoms with van der Waals surface area (Å²) in [6, 6.07) is 6.33. The van der Waals surface area contributed by atoms with E-state index in [0.717, 1.165) is 0 Å². The molecule has 0 radical (unpaired) electrons. The van der Waals surface area contributed by atoms with E-state index in [0.29, 0.717) is 24.5 Å². The van der Waals surface area contributed by atoms with E-state index in [9.17, 15) is 9.59 Å². The lowest BCUT2D eigenvalue weighted by Crippen LogP contribution is -2.34. The molecule has 0 saturated carbocycles. The maximum atomic E-state index is 11.9. The van der Waals surface area contributed by atoms with Gasteiger partial charge in [-0.3, -0.25) is 0 Å². The minimum Gasteiger partial charge on any atom is -0.482 e. The van der Waals surface area contributed by atoms with Crippen LogP contribution in [0, 0.1) is 0 Å². The number of carboxylic acid groups (broad SMARTS) is 1. The Kier molecular flexibility index (Phi) is 6.09. The zero-order valence-corrected chi connectivity index (χ0v) is 11.3. The second kappa shape index (κ2) is 7.83. The van der Waals surface area contributed by atoms with Crippen molar-refractivity contribution >= 4 is 17.7 Å². The number of nitrogens with one attached hydrogen (secondary N) is 1. The van der Waals surface area contributed by atoms with Crippen molar-refractivity contribution in [3.8, 4) is 5.75 Å². The highest BCUT2D eigenvalue weighted by Gasteiger charge is 2.10. The molecular formula is C14H18N2O4. The Morgan fingerprint density at radius 2 is 2.25 bits per heavy atom. The van der Waals surface area contributed by atoms with Gasteiger partial charge in [-0.15, -0.1) is 6.58 Å². The summed E-state index contributed by atoms with van der Waals surface area (Å²) in [5, 5.41) is 11.3. The summed E-state index contributed by atoms with van der Waals surface area (Å²) in [6.45, 7) is 6.06. The maximum Gasteiger partial charge on any atom is 0.341 e. The lowest BCUT2D eigenvalue weighted by molar-refractivity contribution is -0.139. The third-order valence-electron chi connectivity index (χ3n) is 2.47. The molecule has 1 aromatic carbocycles. The average molecular weight is 278 g/mol. The molecule has 0 unspecified atom stereocenters. The predicted molar refractivity (Wildman–Crippen MR) is 76.0 cm³/mol. The molecule has 6 nitrogen and oxygen atoms in total. The molecule has 0 bridgehead atoms. The van der Waals surface area contributed by atoms with Crippen molar-refractivity contribution in [2.45, 2.75) is 6.92 Å². The summed E-state index contributed by atoms with van der Waals surface area (Å²) in [7, 11) is 0. The molecule has 0 aliphatic rings. The number of carboxylic acids is 1. The molecule has 108 valence electrons. The van der Waals surface area contributed by atoms with Crippen LogP contribution in [0.1, 0.15) is 6.92 Å². The third-order valence-corrected chi connectivity index (χ3v) is 2.47. The number of amides is 2. The van der Waals surface area contributed by atoms with Gasteiger partial charge in [0.1, 0.15) is 5.75 Å². The third kappa shape index (κ3) is 5.01. The van der Waals surface area contributed by atoms with Crippen LogP contribution in [0.4, 0.5) is 10.5 Å². The number of likely N-dealkylation sites (N-methyl/N-ethyl adjacent to an activating group) is 1. The average Bonchev–Trinajstić information content (AvgIpc) is 2.42. The summed E-state index contributed by atoms with van der Waals surface area (Å²) in [6.07, 6.45) is 1.65. The van der Waals surface area contributed by atoms with Gasteiger partial charge < -0.3 is 20.1 Å². The van der Waals surface area contributed by atoms with Crippen molar-refractivity contribution in [1.29, 1.82) is 0 Å². The Balaban J connectivity index is 2.67. The van der Waals surface area contributed by atoms with Crippen LogP contribution in [-0.4, -0.2) is 41.7 Å². The van der Waals surface area contributed by atoms with Crippen LogP contribution in [0.3, 0.4) is 0 Å². The number of hydrogen-bond donors (Lipinski definition) is 2. The van der Waals surface area contributed by atoms with Gasteiger partial charge in [-0.25, -0.2) is 9.59 Å². The number of hydrogen-bond acceptors (Lipinski definition) is 3. The molecular weight excluding hydrogens is 260 g/mol. The standard InChI is InChI=1S/C14H18N2O4/c1-3-8-16(4-2)14(19)15-11-6-5-7-12(9-11)20-10-13(17)18/h3,5-7,9H,1,4,8,10H2,2H3,(H,15,19)(H,17,18). The van der Waals surface area contributed by atoms with Crippen LogP contribution >= 0.6 is 0 Å². The van der Waals surface area contributed by atoms with E-state index >= 15 is 0 Å². The largest absolute Gasteiger partial charge is 0.482 e. The zero-order chi connectivity index (χ0) is 15.0. The van der Waals surface area contributed by atoms with E-state index < -0.39 is 12.6 Å². The summed E-state index contributed by atoms with van der Waals surface area (Å²) in [4.78, 5) is 23.9. The van der Waals surface area contributed by atoms with E-state index in [-0.39, 0.29) is 6.03 Å². The fourth-order valence-electron chi connectivity index (χ4n) is 1.52. The van der Waals surface area contributed by atoms with Crippen LogP contribution in [0.15, 0.2) is 36.9 Å². The maximum absolute atomic E-state index is 11.9. The molecule has 0 aliphatic heterocycles. The van der Waals surface area contributed by atoms with E-state index in [1.807, 2.05) is 6.92 Å². The van der Waals surface area contributed by atoms with Crippen molar-refractivity contribution in [2.24, 2.45) is 0 Å². The van der Waals surface area contributed by atoms with Crippen molar-refractivity contribution in [3.05, 3.63) is 36.9 Å². The highest BCUT2D eigenvalue weighted by molar-refractivity contribution is 5.89. The van der Waals surface area contributed by atoms with Crippen LogP contribution in [0.2, 0.25) is 0 Å². The summed E-state index contributed by atoms with van der Waals surface area (Å²) in [5.41, 5.74) is 0.542. The van der Waals surface area contributed by atoms with Crippen molar-refractivity contribution in [1.82, 2.24) is 4.90 Å². The lowest BCUT2D eigenvalue weighted by atomic mass is 10.3. The predicted octanol–water partition coefficient (Wildman–Crippen LogP) is 2.19. The number of carbonyl (C=O) groups excluding carboxylic acids is 1. The molecule has 0 aromatic heterocycles. The SMILES string of the molecule is C=CCN(CC)C(=O)Nc1cccc(OCC(=O)O)c1. The molecule has 20 heavy (non-hydrogen) atoms. The van der Waals surface area contributed by atoms with Gasteiger partial charge in [-0.2, -0.15) is 0 Å². The number of carbonyl (C=O) groups is 2. The second-order valence-electron chi connectivity index (χ2n) is 3.97. The molecule has 0 spiro atoms. The molecule has 0 heterocycles. The fraction of sp³-hybridized carbons (Fsp3) is 0.286. The first-order chi connectivity index (χ1) is 9.56. The molecule has 0 saturated heterocycles. The minimum absolute atomic E-state index is 0.247. The Labute approximate surface area is 117 Å². The first-order valence-electron chi connectivity index (χ1n) is 6.18. The number of benzene rings is 1. The van der Waals surface area contributed by atoms with Crippen LogP contribution in [0.5, 0.6) is 5.75 Å². The van der Waals surface area contributed by atoms with Gasteiger partial charge in [-0.1, -0.05) is 12.1 Å². The Morgan fingerprint density at radius 3 is 2.85 bits per heavy atom. The molecule has 6 heteroatoms. The van der Waals surface area contributed by atoms with Crippen LogP contribution < -0.4 is 10.1 Å². The lowest BCUT2D eigenvalue weighted by Gasteiger charge is -2.19. The molecule has 1 aromatic rings. The monoisotopic (exact) mass is 278 g/mol. The molecule has 0 aliphatic carbocycles. The molecule has 1 rings (SSSR count). The van der Waals surface area contributed by atoms with Gasteiger partial charge in [0.15, 0.2) is 6.61 Å². The summed E-state index contributed by atoms with van der Waals surface area (Å²) in [5.74, 6) is -0.667. The topological polar surface area (TPSA) is 78.9 Å². The quantitative estimate of drug-likeness (QED) is 0.749. The number of rotatable bonds is 7. The number of aliphatic carboxylic acids is 1. The smallest absolute Gasteiger partial charge is 0.341 e. The van der Waals surface area contributed by atoms with Gasteiger partial charge >= 0.3 is 12.0 Å². The Hall–Kier alpha value is -2.50. The van der Waals surface area contributed by atoms with Gasteiger partial charge in [0.2, 0.25) is 0 Å². The number of nitrogens with zero attached hydrogens (tertiary/aromatic N) is 1. The van der Waals surface area contributed by atoms with Gasteiger partial charge in [0, 0.05) is 24.8 Å². The molecule has 0 atom stereocenters. The van der Waals surface area contributed by atoms with Gasteiger partial charge in [0.05, 0.1) is 0 Å². The Bertz CT molecular complexity index is 488. The highest BCUT2D eigenvalue weighted by atomic mass is 16.5. The fourth-order valence-corrected chi connectivity index (χ4v) is 1.52. The number of ether oxygens (including phenoxy) is 1. The molecule has 2 N–H and O–H groups in total. The first kappa shape index (κ1) is 15.6. The van der Waals surface area contributed by atoms with Crippen molar-refractivity contribution < 1.29 is 19.4 Å². The van der Waals surface area contributed by atoms with Gasteiger partial charge in [-0.05, 0) is 19.1 Å². The Morgan fingerprint density at radius 1 is 1.50 bits per heavy atom. The van der Waals surface area contributed by atoms with Crippen molar-refractivity contribution in [2.75, 3.05) is 25.0 Å². The molecule has 0 fully saturated rings. The number of anilines is 1. The van der Waals surface area contributed by atoms with E-state index in [1.54, 1.807) is 35.2 Å². The second-order valence-corrected chi connectivity index (χ2v) is 3.97. The molecule has 2 amide bonds. The summed E-state index contributed by atoms with van der Waals surface area (Å²) >= 11 is 0. The first-order valence-corrected chi connectivity index (χ1v) is 6.18. The van der Waals surface area contributed by atoms with Crippen molar-refractivity contribution in [3.63, 3.8) is 0 Å². The van der Waals surface area contributed by atoms with Gasteiger partial charge in [0.25, 0.3) is 0 Å². The highest BCUT2D eigenvalue weighted by Crippen LogP contribution is 2.17. The summed E-state index contributed by atoms with van der Waals surface area (Å²) < 4.78 is 5.04. The normalized spacial score (nSPS) is 9.65. The van der Waals surface area contributed by atoms with E-state index in [4.69, 9.17) is 9.84 Å². The van der Waals surface area contributed by atoms with Crippen LogP contribution in [0.25, 0.3) is 0 Å². The van der Waals surface area contributed by atoms with E-state index in [1.165, 1.54) is 0 Å². The zero-order valence-electron chi connectivity index (χ0n) is 11.3. The number of urea groups is 1. The van der Waals surface area contributed by atoms with Crippen LogP contribution in [-0.2, 0) is 4.79 Å². The van der Waals surface area contributed by atoms with E-state index in [2.05, 4.69) is 11.9 Å².